The van der Waals surface area contributed by atoms with Gasteiger partial charge >= 0.3 is 0 Å². The van der Waals surface area contributed by atoms with Gasteiger partial charge in [0, 0.05) is 30.3 Å². The molecule has 1 saturated heterocycles. The zero-order valence-corrected chi connectivity index (χ0v) is 15.9. The van der Waals surface area contributed by atoms with Crippen LogP contribution >= 0.6 is 0 Å². The topological polar surface area (TPSA) is 59.5 Å². The van der Waals surface area contributed by atoms with E-state index in [1.165, 1.54) is 5.56 Å². The molecular weight excluding hydrogens is 328 g/mol. The number of hydrogen-bond donors (Lipinski definition) is 1. The normalized spacial score (nSPS) is 15.7. The Morgan fingerprint density at radius 2 is 1.73 bits per heavy atom. The maximum Gasteiger partial charge on any atom is 0.129 e. The van der Waals surface area contributed by atoms with Crippen LogP contribution in [0.4, 0.5) is 5.82 Å². The molecule has 1 aliphatic heterocycles. The molecule has 0 bridgehead atoms. The smallest absolute Gasteiger partial charge is 0.129 e. The first-order valence-corrected chi connectivity index (χ1v) is 9.14. The minimum Gasteiger partial charge on any atom is -0.497 e. The monoisotopic (exact) mass is 356 g/mol. The van der Waals surface area contributed by atoms with Crippen LogP contribution in [0.1, 0.15) is 30.0 Å². The second kappa shape index (κ2) is 8.85. The molecule has 2 aromatic rings. The first-order valence-electron chi connectivity index (χ1n) is 9.14. The number of rotatable bonds is 7. The summed E-state index contributed by atoms with van der Waals surface area (Å²) in [4.78, 5) is 11.2. The minimum absolute atomic E-state index is 0.539. The number of hydrogen-bond acceptors (Lipinski definition) is 6. The number of ether oxygens (including phenoxy) is 2. The maximum absolute atomic E-state index is 5.33. The van der Waals surface area contributed by atoms with Crippen molar-refractivity contribution in [1.82, 2.24) is 14.9 Å². The lowest BCUT2D eigenvalue weighted by Crippen LogP contribution is -2.29. The summed E-state index contributed by atoms with van der Waals surface area (Å²) in [7, 11) is 5.52. The van der Waals surface area contributed by atoms with Crippen LogP contribution in [-0.4, -0.2) is 55.8 Å². The highest BCUT2D eigenvalue weighted by Gasteiger charge is 2.19. The van der Waals surface area contributed by atoms with Crippen molar-refractivity contribution in [1.29, 1.82) is 0 Å². The minimum atomic E-state index is 0.539. The number of anilines is 1. The molecule has 26 heavy (non-hydrogen) atoms. The first-order chi connectivity index (χ1) is 12.7. The lowest BCUT2D eigenvalue weighted by molar-refractivity contribution is 0.253. The predicted molar refractivity (Wildman–Crippen MR) is 103 cm³/mol. The largest absolute Gasteiger partial charge is 0.497 e. The Morgan fingerprint density at radius 1 is 1.04 bits per heavy atom. The highest BCUT2D eigenvalue weighted by molar-refractivity contribution is 5.40. The van der Waals surface area contributed by atoms with Crippen molar-refractivity contribution >= 4 is 5.82 Å². The second-order valence-corrected chi connectivity index (χ2v) is 6.80. The molecule has 6 nitrogen and oxygen atoms in total. The van der Waals surface area contributed by atoms with Crippen LogP contribution in [-0.2, 0) is 6.42 Å². The van der Waals surface area contributed by atoms with Crippen LogP contribution < -0.4 is 14.8 Å². The van der Waals surface area contributed by atoms with Crippen LogP contribution in [0.25, 0.3) is 0 Å². The molecule has 0 aliphatic carbocycles. The molecule has 0 radical (unpaired) electrons. The van der Waals surface area contributed by atoms with E-state index in [0.717, 1.165) is 61.9 Å². The Morgan fingerprint density at radius 3 is 2.38 bits per heavy atom. The van der Waals surface area contributed by atoms with Crippen molar-refractivity contribution in [3.8, 4) is 11.5 Å². The van der Waals surface area contributed by atoms with Crippen molar-refractivity contribution in [2.24, 2.45) is 0 Å². The number of piperidine rings is 1. The van der Waals surface area contributed by atoms with Crippen molar-refractivity contribution in [2.45, 2.75) is 25.2 Å². The van der Waals surface area contributed by atoms with E-state index in [2.05, 4.69) is 33.3 Å². The standard InChI is InChI=1S/C20H28N4O2/c1-24-8-5-16(6-9-24)19-13-20(23-14-22-19)21-7-4-15-10-17(25-2)12-18(11-15)26-3/h10-14,16H,4-9H2,1-3H3,(H,21,22,23). The first kappa shape index (κ1) is 18.5. The van der Waals surface area contributed by atoms with E-state index < -0.39 is 0 Å². The van der Waals surface area contributed by atoms with Crippen molar-refractivity contribution < 1.29 is 9.47 Å². The highest BCUT2D eigenvalue weighted by atomic mass is 16.5. The molecule has 1 aliphatic rings. The third-order valence-electron chi connectivity index (χ3n) is 4.96. The Balaban J connectivity index is 1.57. The van der Waals surface area contributed by atoms with E-state index in [9.17, 15) is 0 Å². The van der Waals surface area contributed by atoms with Gasteiger partial charge in [0.25, 0.3) is 0 Å². The molecule has 0 amide bonds. The number of methoxy groups -OCH3 is 2. The zero-order valence-electron chi connectivity index (χ0n) is 15.9. The molecular formula is C20H28N4O2. The zero-order chi connectivity index (χ0) is 18.4. The molecule has 1 fully saturated rings. The molecule has 2 heterocycles. The lowest BCUT2D eigenvalue weighted by Gasteiger charge is -2.28. The average Bonchev–Trinajstić information content (AvgIpc) is 2.68. The number of aromatic nitrogens is 2. The van der Waals surface area contributed by atoms with Crippen molar-refractivity contribution in [2.75, 3.05) is 46.2 Å². The fourth-order valence-electron chi connectivity index (χ4n) is 3.34. The number of nitrogens with zero attached hydrogens (tertiary/aromatic N) is 3. The summed E-state index contributed by atoms with van der Waals surface area (Å²) in [6.45, 7) is 3.06. The van der Waals surface area contributed by atoms with Gasteiger partial charge in [-0.15, -0.1) is 0 Å². The fraction of sp³-hybridized carbons (Fsp3) is 0.500. The maximum atomic E-state index is 5.33. The van der Waals surface area contributed by atoms with Gasteiger partial charge in [0.05, 0.1) is 14.2 Å². The predicted octanol–water partition coefficient (Wildman–Crippen LogP) is 2.96. The molecule has 6 heteroatoms. The van der Waals surface area contributed by atoms with E-state index in [-0.39, 0.29) is 0 Å². The van der Waals surface area contributed by atoms with E-state index in [0.29, 0.717) is 5.92 Å². The highest BCUT2D eigenvalue weighted by Crippen LogP contribution is 2.27. The van der Waals surface area contributed by atoms with Gasteiger partial charge in [0.2, 0.25) is 0 Å². The van der Waals surface area contributed by atoms with Gasteiger partial charge in [0.1, 0.15) is 23.6 Å². The third kappa shape index (κ3) is 4.85. The molecule has 0 atom stereocenters. The third-order valence-corrected chi connectivity index (χ3v) is 4.96. The Bertz CT molecular complexity index is 692. The Kier molecular flexibility index (Phi) is 6.28. The lowest BCUT2D eigenvalue weighted by atomic mass is 9.93. The number of nitrogens with one attached hydrogen (secondary N) is 1. The summed E-state index contributed by atoms with van der Waals surface area (Å²) in [6, 6.07) is 8.06. The van der Waals surface area contributed by atoms with E-state index in [4.69, 9.17) is 9.47 Å². The van der Waals surface area contributed by atoms with E-state index in [1.807, 2.05) is 18.2 Å². The van der Waals surface area contributed by atoms with Gasteiger partial charge in [0.15, 0.2) is 0 Å². The van der Waals surface area contributed by atoms with Gasteiger partial charge in [-0.3, -0.25) is 0 Å². The summed E-state index contributed by atoms with van der Waals surface area (Å²) >= 11 is 0. The van der Waals surface area contributed by atoms with E-state index in [1.54, 1.807) is 20.5 Å². The summed E-state index contributed by atoms with van der Waals surface area (Å²) in [5.41, 5.74) is 2.32. The van der Waals surface area contributed by atoms with Crippen LogP contribution in [0.15, 0.2) is 30.6 Å². The SMILES string of the molecule is COc1cc(CCNc2cc(C3CCN(C)CC3)ncn2)cc(OC)c1. The number of likely N-dealkylation sites (tertiary alicyclic amines) is 1. The van der Waals surface area contributed by atoms with Crippen LogP contribution in [0.5, 0.6) is 11.5 Å². The molecule has 1 aromatic carbocycles. The molecule has 140 valence electrons. The van der Waals surface area contributed by atoms with Crippen molar-refractivity contribution in [3.63, 3.8) is 0 Å². The van der Waals surface area contributed by atoms with Crippen LogP contribution in [0.3, 0.4) is 0 Å². The van der Waals surface area contributed by atoms with Gasteiger partial charge in [-0.05, 0) is 57.1 Å². The molecule has 3 rings (SSSR count). The van der Waals surface area contributed by atoms with Crippen molar-refractivity contribution in [3.05, 3.63) is 41.9 Å². The van der Waals surface area contributed by atoms with E-state index >= 15 is 0 Å². The summed E-state index contributed by atoms with van der Waals surface area (Å²) in [5.74, 6) is 3.05. The molecule has 1 N–H and O–H groups in total. The Labute approximate surface area is 155 Å². The molecule has 1 aromatic heterocycles. The van der Waals surface area contributed by atoms with Crippen LogP contribution in [0.2, 0.25) is 0 Å². The van der Waals surface area contributed by atoms with Gasteiger partial charge < -0.3 is 19.7 Å². The summed E-state index contributed by atoms with van der Waals surface area (Å²) in [6.07, 6.45) is 4.86. The fourth-order valence-corrected chi connectivity index (χ4v) is 3.34. The molecule has 0 unspecified atom stereocenters. The molecule has 0 spiro atoms. The Hall–Kier alpha value is -2.34. The van der Waals surface area contributed by atoms with Gasteiger partial charge in [-0.25, -0.2) is 9.97 Å². The van der Waals surface area contributed by atoms with Crippen LogP contribution in [0, 0.1) is 0 Å². The second-order valence-electron chi connectivity index (χ2n) is 6.80. The molecule has 0 saturated carbocycles. The van der Waals surface area contributed by atoms with Gasteiger partial charge in [-0.1, -0.05) is 0 Å². The quantitative estimate of drug-likeness (QED) is 0.823. The average molecular weight is 356 g/mol. The van der Waals surface area contributed by atoms with Gasteiger partial charge in [-0.2, -0.15) is 0 Å². The summed E-state index contributed by atoms with van der Waals surface area (Å²) < 4.78 is 10.7. The number of benzene rings is 1. The summed E-state index contributed by atoms with van der Waals surface area (Å²) in [5, 5.41) is 3.41.